The monoisotopic (exact) mass is 156 g/mol. The number of rotatable bonds is 3. The molecule has 0 saturated carbocycles. The highest BCUT2D eigenvalue weighted by atomic mass is 15.0. The Labute approximate surface area is 69.8 Å². The van der Waals surface area contributed by atoms with Crippen molar-refractivity contribution in [2.24, 2.45) is 5.92 Å². The van der Waals surface area contributed by atoms with Crippen LogP contribution >= 0.6 is 0 Å². The van der Waals surface area contributed by atoms with Gasteiger partial charge >= 0.3 is 0 Å². The standard InChI is InChI=1S/C9H20N2/c1-4-10-8(3)9-5-7(2)11-6-9/h7-11H,4-6H2,1-3H3/t7?,8?,9-/m1/s1. The molecule has 0 radical (unpaired) electrons. The maximum atomic E-state index is 3.47. The third kappa shape index (κ3) is 2.46. The van der Waals surface area contributed by atoms with E-state index in [2.05, 4.69) is 31.4 Å². The molecule has 2 heteroatoms. The van der Waals surface area contributed by atoms with Crippen LogP contribution in [0.3, 0.4) is 0 Å². The SMILES string of the molecule is CCNC(C)[C@H]1CNC(C)C1. The second-order valence-electron chi connectivity index (χ2n) is 3.65. The van der Waals surface area contributed by atoms with Crippen molar-refractivity contribution in [3.63, 3.8) is 0 Å². The molecular weight excluding hydrogens is 136 g/mol. The van der Waals surface area contributed by atoms with Crippen LogP contribution in [0.2, 0.25) is 0 Å². The van der Waals surface area contributed by atoms with Crippen molar-refractivity contribution < 1.29 is 0 Å². The van der Waals surface area contributed by atoms with E-state index in [1.807, 2.05) is 0 Å². The average molecular weight is 156 g/mol. The molecule has 0 spiro atoms. The van der Waals surface area contributed by atoms with Crippen molar-refractivity contribution in [1.82, 2.24) is 10.6 Å². The van der Waals surface area contributed by atoms with E-state index < -0.39 is 0 Å². The summed E-state index contributed by atoms with van der Waals surface area (Å²) in [5, 5.41) is 6.94. The lowest BCUT2D eigenvalue weighted by molar-refractivity contribution is 0.403. The summed E-state index contributed by atoms with van der Waals surface area (Å²) in [6.45, 7) is 9.00. The van der Waals surface area contributed by atoms with Gasteiger partial charge in [-0.05, 0) is 39.3 Å². The summed E-state index contributed by atoms with van der Waals surface area (Å²) in [5.74, 6) is 0.838. The van der Waals surface area contributed by atoms with Crippen LogP contribution in [0, 0.1) is 5.92 Å². The van der Waals surface area contributed by atoms with Crippen LogP contribution in [0.25, 0.3) is 0 Å². The lowest BCUT2D eigenvalue weighted by Crippen LogP contribution is -2.34. The molecule has 66 valence electrons. The van der Waals surface area contributed by atoms with E-state index in [1.165, 1.54) is 13.0 Å². The van der Waals surface area contributed by atoms with Gasteiger partial charge in [0.1, 0.15) is 0 Å². The molecule has 1 rings (SSSR count). The van der Waals surface area contributed by atoms with Gasteiger partial charge in [-0.1, -0.05) is 6.92 Å². The molecule has 0 aromatic carbocycles. The van der Waals surface area contributed by atoms with Gasteiger partial charge < -0.3 is 10.6 Å². The summed E-state index contributed by atoms with van der Waals surface area (Å²) in [7, 11) is 0. The Morgan fingerprint density at radius 1 is 1.64 bits per heavy atom. The molecule has 1 heterocycles. The smallest absolute Gasteiger partial charge is 0.00795 e. The minimum Gasteiger partial charge on any atom is -0.314 e. The summed E-state index contributed by atoms with van der Waals surface area (Å²) in [4.78, 5) is 0. The molecule has 11 heavy (non-hydrogen) atoms. The Morgan fingerprint density at radius 3 is 2.82 bits per heavy atom. The minimum absolute atomic E-state index is 0.678. The normalized spacial score (nSPS) is 34.1. The minimum atomic E-state index is 0.678. The Balaban J connectivity index is 2.25. The lowest BCUT2D eigenvalue weighted by atomic mass is 9.98. The van der Waals surface area contributed by atoms with Crippen molar-refractivity contribution >= 4 is 0 Å². The van der Waals surface area contributed by atoms with Gasteiger partial charge in [0.15, 0.2) is 0 Å². The van der Waals surface area contributed by atoms with E-state index >= 15 is 0 Å². The summed E-state index contributed by atoms with van der Waals surface area (Å²) >= 11 is 0. The Hall–Kier alpha value is -0.0800. The average Bonchev–Trinajstić information content (AvgIpc) is 2.36. The highest BCUT2D eigenvalue weighted by Gasteiger charge is 2.24. The van der Waals surface area contributed by atoms with Crippen molar-refractivity contribution in [2.75, 3.05) is 13.1 Å². The molecular formula is C9H20N2. The van der Waals surface area contributed by atoms with Gasteiger partial charge in [-0.25, -0.2) is 0 Å². The zero-order valence-corrected chi connectivity index (χ0v) is 7.85. The second kappa shape index (κ2) is 4.07. The first-order valence-electron chi connectivity index (χ1n) is 4.70. The molecule has 0 amide bonds. The lowest BCUT2D eigenvalue weighted by Gasteiger charge is -2.18. The van der Waals surface area contributed by atoms with E-state index in [0.717, 1.165) is 18.5 Å². The second-order valence-corrected chi connectivity index (χ2v) is 3.65. The fourth-order valence-electron chi connectivity index (χ4n) is 1.84. The molecule has 1 fully saturated rings. The largest absolute Gasteiger partial charge is 0.314 e. The molecule has 0 aromatic rings. The van der Waals surface area contributed by atoms with E-state index in [9.17, 15) is 0 Å². The van der Waals surface area contributed by atoms with Gasteiger partial charge in [-0.3, -0.25) is 0 Å². The first-order valence-corrected chi connectivity index (χ1v) is 4.70. The maximum absolute atomic E-state index is 3.47. The highest BCUT2D eigenvalue weighted by Crippen LogP contribution is 2.16. The van der Waals surface area contributed by atoms with Crippen LogP contribution in [0.15, 0.2) is 0 Å². The van der Waals surface area contributed by atoms with Crippen LogP contribution < -0.4 is 10.6 Å². The molecule has 1 saturated heterocycles. The predicted molar refractivity (Wildman–Crippen MR) is 48.7 cm³/mol. The fourth-order valence-corrected chi connectivity index (χ4v) is 1.84. The van der Waals surface area contributed by atoms with Gasteiger partial charge in [-0.2, -0.15) is 0 Å². The Morgan fingerprint density at radius 2 is 2.36 bits per heavy atom. The third-order valence-electron chi connectivity index (χ3n) is 2.62. The van der Waals surface area contributed by atoms with Crippen LogP contribution in [-0.2, 0) is 0 Å². The topological polar surface area (TPSA) is 24.1 Å². The fraction of sp³-hybridized carbons (Fsp3) is 1.00. The third-order valence-corrected chi connectivity index (χ3v) is 2.62. The van der Waals surface area contributed by atoms with Crippen LogP contribution in [0.1, 0.15) is 27.2 Å². The van der Waals surface area contributed by atoms with Gasteiger partial charge in [0.05, 0.1) is 0 Å². The summed E-state index contributed by atoms with van der Waals surface area (Å²) < 4.78 is 0. The summed E-state index contributed by atoms with van der Waals surface area (Å²) in [6, 6.07) is 1.40. The number of nitrogens with one attached hydrogen (secondary N) is 2. The number of hydrogen-bond donors (Lipinski definition) is 2. The Kier molecular flexibility index (Phi) is 3.34. The van der Waals surface area contributed by atoms with Gasteiger partial charge in [0, 0.05) is 12.1 Å². The van der Waals surface area contributed by atoms with Gasteiger partial charge in [-0.15, -0.1) is 0 Å². The molecule has 2 nitrogen and oxygen atoms in total. The predicted octanol–water partition coefficient (Wildman–Crippen LogP) is 0.982. The molecule has 0 aliphatic carbocycles. The Bertz CT molecular complexity index is 114. The van der Waals surface area contributed by atoms with E-state index in [-0.39, 0.29) is 0 Å². The molecule has 0 bridgehead atoms. The molecule has 0 aromatic heterocycles. The van der Waals surface area contributed by atoms with Gasteiger partial charge in [0.2, 0.25) is 0 Å². The quantitative estimate of drug-likeness (QED) is 0.636. The van der Waals surface area contributed by atoms with E-state index in [4.69, 9.17) is 0 Å². The van der Waals surface area contributed by atoms with Crippen molar-refractivity contribution in [2.45, 2.75) is 39.3 Å². The zero-order valence-electron chi connectivity index (χ0n) is 7.85. The van der Waals surface area contributed by atoms with E-state index in [0.29, 0.717) is 6.04 Å². The van der Waals surface area contributed by atoms with Crippen LogP contribution in [0.4, 0.5) is 0 Å². The van der Waals surface area contributed by atoms with Crippen LogP contribution in [-0.4, -0.2) is 25.2 Å². The maximum Gasteiger partial charge on any atom is 0.00795 e. The summed E-state index contributed by atoms with van der Waals surface area (Å²) in [5.41, 5.74) is 0. The molecule has 1 aliphatic heterocycles. The molecule has 2 unspecified atom stereocenters. The van der Waals surface area contributed by atoms with E-state index in [1.54, 1.807) is 0 Å². The van der Waals surface area contributed by atoms with Crippen molar-refractivity contribution in [1.29, 1.82) is 0 Å². The molecule has 1 aliphatic rings. The van der Waals surface area contributed by atoms with Crippen molar-refractivity contribution in [3.8, 4) is 0 Å². The first-order chi connectivity index (χ1) is 5.24. The first kappa shape index (κ1) is 9.01. The summed E-state index contributed by atoms with van der Waals surface area (Å²) in [6.07, 6.45) is 1.33. The highest BCUT2D eigenvalue weighted by molar-refractivity contribution is 4.84. The zero-order chi connectivity index (χ0) is 8.27. The van der Waals surface area contributed by atoms with Crippen molar-refractivity contribution in [3.05, 3.63) is 0 Å². The molecule has 2 N–H and O–H groups in total. The van der Waals surface area contributed by atoms with Gasteiger partial charge in [0.25, 0.3) is 0 Å². The van der Waals surface area contributed by atoms with Crippen LogP contribution in [0.5, 0.6) is 0 Å². The number of hydrogen-bond acceptors (Lipinski definition) is 2. The molecule has 3 atom stereocenters.